The first-order valence-electron chi connectivity index (χ1n) is 5.16. The van der Waals surface area contributed by atoms with E-state index in [0.717, 1.165) is 12.0 Å². The Morgan fingerprint density at radius 1 is 1.21 bits per heavy atom. The summed E-state index contributed by atoms with van der Waals surface area (Å²) >= 11 is 0. The summed E-state index contributed by atoms with van der Waals surface area (Å²) in [7, 11) is 0. The Morgan fingerprint density at radius 2 is 1.79 bits per heavy atom. The lowest BCUT2D eigenvalue weighted by molar-refractivity contribution is -0.118. The number of rotatable bonds is 4. The smallest absolute Gasteiger partial charge is 0.137 e. The van der Waals surface area contributed by atoms with Crippen LogP contribution >= 0.6 is 0 Å². The second kappa shape index (κ2) is 4.94. The van der Waals surface area contributed by atoms with Crippen molar-refractivity contribution in [2.24, 2.45) is 5.92 Å². The first-order chi connectivity index (χ1) is 6.61. The van der Waals surface area contributed by atoms with Gasteiger partial charge in [0.15, 0.2) is 0 Å². The molecule has 0 amide bonds. The first kappa shape index (κ1) is 11.0. The van der Waals surface area contributed by atoms with Gasteiger partial charge >= 0.3 is 0 Å². The minimum absolute atomic E-state index is 0.0798. The maximum atomic E-state index is 11.5. The molecule has 1 rings (SSSR count). The summed E-state index contributed by atoms with van der Waals surface area (Å²) in [6.45, 7) is 5.98. The molecule has 0 unspecified atom stereocenters. The van der Waals surface area contributed by atoms with Gasteiger partial charge in [0.2, 0.25) is 0 Å². The number of hydrogen-bond donors (Lipinski definition) is 0. The van der Waals surface area contributed by atoms with Crippen molar-refractivity contribution in [1.29, 1.82) is 0 Å². The quantitative estimate of drug-likeness (QED) is 0.711. The van der Waals surface area contributed by atoms with Crippen molar-refractivity contribution in [3.63, 3.8) is 0 Å². The fourth-order valence-electron chi connectivity index (χ4n) is 1.69. The molecule has 0 saturated heterocycles. The Hall–Kier alpha value is -1.11. The highest BCUT2D eigenvalue weighted by molar-refractivity contribution is 5.83. The van der Waals surface area contributed by atoms with E-state index in [-0.39, 0.29) is 11.7 Å². The second-order valence-corrected chi connectivity index (χ2v) is 4.20. The van der Waals surface area contributed by atoms with Crippen molar-refractivity contribution in [1.82, 2.24) is 0 Å². The standard InChI is InChI=1S/C13H18O/c1-10(2)9-13(11(3)14)12-7-5-4-6-8-12/h4-8,10,13H,9H2,1-3H3/t13-/m0/s1. The fourth-order valence-corrected chi connectivity index (χ4v) is 1.69. The lowest BCUT2D eigenvalue weighted by Gasteiger charge is -2.16. The Balaban J connectivity index is 2.84. The minimum atomic E-state index is 0.0798. The zero-order chi connectivity index (χ0) is 10.6. The van der Waals surface area contributed by atoms with Crippen LogP contribution in [0.15, 0.2) is 30.3 Å². The Labute approximate surface area is 86.1 Å². The van der Waals surface area contributed by atoms with Gasteiger partial charge in [-0.05, 0) is 24.8 Å². The zero-order valence-corrected chi connectivity index (χ0v) is 9.16. The van der Waals surface area contributed by atoms with Crippen LogP contribution in [-0.4, -0.2) is 5.78 Å². The molecule has 0 heterocycles. The van der Waals surface area contributed by atoms with E-state index in [4.69, 9.17) is 0 Å². The molecule has 0 radical (unpaired) electrons. The van der Waals surface area contributed by atoms with Crippen LogP contribution in [0.5, 0.6) is 0 Å². The monoisotopic (exact) mass is 190 g/mol. The van der Waals surface area contributed by atoms with Crippen LogP contribution in [0.2, 0.25) is 0 Å². The van der Waals surface area contributed by atoms with Crippen LogP contribution in [0.1, 0.15) is 38.7 Å². The van der Waals surface area contributed by atoms with Crippen LogP contribution in [0.25, 0.3) is 0 Å². The summed E-state index contributed by atoms with van der Waals surface area (Å²) in [5.41, 5.74) is 1.15. The summed E-state index contributed by atoms with van der Waals surface area (Å²) in [6.07, 6.45) is 0.944. The summed E-state index contributed by atoms with van der Waals surface area (Å²) < 4.78 is 0. The Kier molecular flexibility index (Phi) is 3.87. The third-order valence-electron chi connectivity index (χ3n) is 2.40. The maximum Gasteiger partial charge on any atom is 0.137 e. The van der Waals surface area contributed by atoms with Crippen LogP contribution in [0.4, 0.5) is 0 Å². The number of benzene rings is 1. The van der Waals surface area contributed by atoms with Gasteiger partial charge in [-0.15, -0.1) is 0 Å². The first-order valence-corrected chi connectivity index (χ1v) is 5.16. The van der Waals surface area contributed by atoms with Gasteiger partial charge in [0.05, 0.1) is 0 Å². The summed E-state index contributed by atoms with van der Waals surface area (Å²) in [5.74, 6) is 0.908. The molecule has 14 heavy (non-hydrogen) atoms. The predicted octanol–water partition coefficient (Wildman–Crippen LogP) is 3.41. The van der Waals surface area contributed by atoms with E-state index >= 15 is 0 Å². The van der Waals surface area contributed by atoms with Crippen molar-refractivity contribution in [2.45, 2.75) is 33.1 Å². The van der Waals surface area contributed by atoms with E-state index in [2.05, 4.69) is 13.8 Å². The molecule has 1 nitrogen and oxygen atoms in total. The second-order valence-electron chi connectivity index (χ2n) is 4.20. The largest absolute Gasteiger partial charge is 0.299 e. The lowest BCUT2D eigenvalue weighted by Crippen LogP contribution is -2.11. The highest BCUT2D eigenvalue weighted by Gasteiger charge is 2.17. The van der Waals surface area contributed by atoms with Gasteiger partial charge in [-0.1, -0.05) is 44.2 Å². The van der Waals surface area contributed by atoms with E-state index in [1.54, 1.807) is 6.92 Å². The highest BCUT2D eigenvalue weighted by Crippen LogP contribution is 2.24. The van der Waals surface area contributed by atoms with E-state index < -0.39 is 0 Å². The van der Waals surface area contributed by atoms with Crippen LogP contribution < -0.4 is 0 Å². The van der Waals surface area contributed by atoms with Crippen LogP contribution in [0.3, 0.4) is 0 Å². The van der Waals surface area contributed by atoms with Crippen LogP contribution in [-0.2, 0) is 4.79 Å². The fraction of sp³-hybridized carbons (Fsp3) is 0.462. The number of carbonyl (C=O) groups excluding carboxylic acids is 1. The Bertz CT molecular complexity index is 287. The molecule has 0 aliphatic rings. The zero-order valence-electron chi connectivity index (χ0n) is 9.16. The normalized spacial score (nSPS) is 12.9. The summed E-state index contributed by atoms with van der Waals surface area (Å²) in [6, 6.07) is 10.0. The van der Waals surface area contributed by atoms with Crippen molar-refractivity contribution >= 4 is 5.78 Å². The molecule has 0 aromatic heterocycles. The molecule has 1 atom stereocenters. The number of Topliss-reactive ketones (excluding diaryl/α,β-unsaturated/α-hetero) is 1. The molecule has 1 aromatic carbocycles. The van der Waals surface area contributed by atoms with Gasteiger partial charge < -0.3 is 0 Å². The topological polar surface area (TPSA) is 17.1 Å². The molecule has 0 spiro atoms. The molecule has 1 aromatic rings. The van der Waals surface area contributed by atoms with Crippen molar-refractivity contribution in [3.8, 4) is 0 Å². The minimum Gasteiger partial charge on any atom is -0.299 e. The molecule has 76 valence electrons. The average molecular weight is 190 g/mol. The van der Waals surface area contributed by atoms with Gasteiger partial charge in [0, 0.05) is 5.92 Å². The molecular weight excluding hydrogens is 172 g/mol. The van der Waals surface area contributed by atoms with Gasteiger partial charge in [0.1, 0.15) is 5.78 Å². The third-order valence-corrected chi connectivity index (χ3v) is 2.40. The third kappa shape index (κ3) is 2.99. The van der Waals surface area contributed by atoms with E-state index in [0.29, 0.717) is 5.92 Å². The molecule has 0 bridgehead atoms. The van der Waals surface area contributed by atoms with Crippen molar-refractivity contribution < 1.29 is 4.79 Å². The molecular formula is C13H18O. The molecule has 0 N–H and O–H groups in total. The summed E-state index contributed by atoms with van der Waals surface area (Å²) in [5, 5.41) is 0. The molecule has 0 fully saturated rings. The number of hydrogen-bond acceptors (Lipinski definition) is 1. The number of ketones is 1. The lowest BCUT2D eigenvalue weighted by atomic mass is 9.88. The van der Waals surface area contributed by atoms with E-state index in [1.807, 2.05) is 30.3 Å². The SMILES string of the molecule is CC(=O)[C@H](CC(C)C)c1ccccc1. The predicted molar refractivity (Wildman–Crippen MR) is 59.3 cm³/mol. The van der Waals surface area contributed by atoms with Crippen LogP contribution in [0, 0.1) is 5.92 Å². The van der Waals surface area contributed by atoms with Gasteiger partial charge in [-0.3, -0.25) is 4.79 Å². The van der Waals surface area contributed by atoms with Gasteiger partial charge in [-0.2, -0.15) is 0 Å². The highest BCUT2D eigenvalue weighted by atomic mass is 16.1. The maximum absolute atomic E-state index is 11.5. The molecule has 0 aliphatic carbocycles. The van der Waals surface area contributed by atoms with E-state index in [1.165, 1.54) is 0 Å². The average Bonchev–Trinajstić information content (AvgIpc) is 2.15. The van der Waals surface area contributed by atoms with Crippen molar-refractivity contribution in [2.75, 3.05) is 0 Å². The Morgan fingerprint density at radius 3 is 2.21 bits per heavy atom. The van der Waals surface area contributed by atoms with Gasteiger partial charge in [0.25, 0.3) is 0 Å². The van der Waals surface area contributed by atoms with E-state index in [9.17, 15) is 4.79 Å². The van der Waals surface area contributed by atoms with Gasteiger partial charge in [-0.25, -0.2) is 0 Å². The van der Waals surface area contributed by atoms with Crippen molar-refractivity contribution in [3.05, 3.63) is 35.9 Å². The molecule has 0 saturated carbocycles. The molecule has 1 heteroatoms. The number of carbonyl (C=O) groups is 1. The molecule has 0 aliphatic heterocycles. The summed E-state index contributed by atoms with van der Waals surface area (Å²) in [4.78, 5) is 11.5.